The first-order valence-corrected chi connectivity index (χ1v) is 5.39. The van der Waals surface area contributed by atoms with Crippen molar-refractivity contribution >= 4 is 0 Å². The molecule has 15 heavy (non-hydrogen) atoms. The SMILES string of the molecule is COCC12c3n[nH]c(=O)cc3C3C4C1C342. The number of hydrogen-bond donors (Lipinski definition) is 1. The van der Waals surface area contributed by atoms with Crippen LogP contribution in [0.3, 0.4) is 0 Å². The third-order valence-corrected chi connectivity index (χ3v) is 5.27. The first-order valence-electron chi connectivity index (χ1n) is 5.39. The summed E-state index contributed by atoms with van der Waals surface area (Å²) >= 11 is 0. The zero-order chi connectivity index (χ0) is 10.00. The van der Waals surface area contributed by atoms with Gasteiger partial charge in [0, 0.05) is 18.6 Å². The maximum absolute atomic E-state index is 11.2. The Kier molecular flexibility index (Phi) is 0.751. The lowest BCUT2D eigenvalue weighted by Crippen LogP contribution is -2.28. The molecule has 0 amide bonds. The fourth-order valence-corrected chi connectivity index (χ4v) is 4.86. The molecule has 1 aromatic heterocycles. The zero-order valence-corrected chi connectivity index (χ0v) is 8.28. The van der Waals surface area contributed by atoms with Crippen molar-refractivity contribution in [2.75, 3.05) is 13.7 Å². The number of methoxy groups -OCH3 is 1. The summed E-state index contributed by atoms with van der Waals surface area (Å²) in [6.45, 7) is 0.775. The summed E-state index contributed by atoms with van der Waals surface area (Å²) < 4.78 is 5.33. The van der Waals surface area contributed by atoms with E-state index in [4.69, 9.17) is 4.74 Å². The Labute approximate surface area is 85.6 Å². The molecule has 0 aromatic carbocycles. The molecule has 4 heteroatoms. The van der Waals surface area contributed by atoms with Crippen LogP contribution >= 0.6 is 0 Å². The Bertz CT molecular complexity index is 580. The van der Waals surface area contributed by atoms with E-state index in [2.05, 4.69) is 10.2 Å². The first kappa shape index (κ1) is 7.17. The van der Waals surface area contributed by atoms with Crippen LogP contribution in [0.25, 0.3) is 0 Å². The average Bonchev–Trinajstić information content (AvgIpc) is 3.07. The number of nitrogens with one attached hydrogen (secondary N) is 1. The van der Waals surface area contributed by atoms with Crippen molar-refractivity contribution in [3.63, 3.8) is 0 Å². The Morgan fingerprint density at radius 3 is 3.33 bits per heavy atom. The lowest BCUT2D eigenvalue weighted by atomic mass is 9.86. The molecule has 0 saturated heterocycles. The molecule has 1 spiro atoms. The second kappa shape index (κ2) is 1.57. The van der Waals surface area contributed by atoms with Gasteiger partial charge < -0.3 is 4.74 Å². The van der Waals surface area contributed by atoms with Gasteiger partial charge in [-0.1, -0.05) is 0 Å². The maximum atomic E-state index is 11.2. The molecule has 1 aromatic rings. The molecule has 3 fully saturated rings. The van der Waals surface area contributed by atoms with Gasteiger partial charge in [-0.05, 0) is 28.7 Å². The van der Waals surface area contributed by atoms with Crippen molar-refractivity contribution in [1.29, 1.82) is 0 Å². The van der Waals surface area contributed by atoms with E-state index in [1.165, 1.54) is 5.56 Å². The molecule has 4 aliphatic carbocycles. The number of ether oxygens (including phenoxy) is 1. The number of fused-ring (bicyclic) bond motifs is 6. The quantitative estimate of drug-likeness (QED) is 0.735. The summed E-state index contributed by atoms with van der Waals surface area (Å²) in [5.41, 5.74) is 2.99. The molecule has 4 nitrogen and oxygen atoms in total. The van der Waals surface area contributed by atoms with Crippen LogP contribution in [0.15, 0.2) is 10.9 Å². The molecule has 1 N–H and O–H groups in total. The molecule has 5 unspecified atom stereocenters. The summed E-state index contributed by atoms with van der Waals surface area (Å²) in [5, 5.41) is 6.81. The van der Waals surface area contributed by atoms with Gasteiger partial charge in [-0.3, -0.25) is 4.79 Å². The van der Waals surface area contributed by atoms with Crippen molar-refractivity contribution in [3.05, 3.63) is 27.7 Å². The molecule has 5 atom stereocenters. The number of hydrogen-bond acceptors (Lipinski definition) is 3. The normalized spacial score (nSPS) is 54.3. The molecule has 1 heterocycles. The van der Waals surface area contributed by atoms with Gasteiger partial charge in [0.1, 0.15) is 0 Å². The van der Waals surface area contributed by atoms with E-state index in [0.717, 1.165) is 24.1 Å². The van der Waals surface area contributed by atoms with Crippen LogP contribution in [0.4, 0.5) is 0 Å². The standard InChI is InChI=1S/C11H10N2O2/c1-15-3-10-8-7-6(11(7,8)10)4-2-5(14)12-13-9(4)10/h2,6-8H,3H2,1H3,(H,12,14). The molecule has 4 aliphatic rings. The Hall–Kier alpha value is -1.16. The van der Waals surface area contributed by atoms with Crippen LogP contribution in [-0.4, -0.2) is 23.9 Å². The summed E-state index contributed by atoms with van der Waals surface area (Å²) in [5.74, 6) is 2.37. The van der Waals surface area contributed by atoms with Gasteiger partial charge in [-0.2, -0.15) is 5.10 Å². The summed E-state index contributed by atoms with van der Waals surface area (Å²) in [6, 6.07) is 1.74. The second-order valence-electron chi connectivity index (χ2n) is 5.35. The van der Waals surface area contributed by atoms with Crippen LogP contribution in [0, 0.1) is 17.3 Å². The maximum Gasteiger partial charge on any atom is 0.264 e. The minimum Gasteiger partial charge on any atom is -0.384 e. The largest absolute Gasteiger partial charge is 0.384 e. The predicted molar refractivity (Wildman–Crippen MR) is 50.6 cm³/mol. The molecular weight excluding hydrogens is 192 g/mol. The van der Waals surface area contributed by atoms with Gasteiger partial charge in [0.25, 0.3) is 5.56 Å². The molecule has 0 radical (unpaired) electrons. The highest BCUT2D eigenvalue weighted by molar-refractivity contribution is 5.75. The van der Waals surface area contributed by atoms with Gasteiger partial charge in [0.2, 0.25) is 0 Å². The van der Waals surface area contributed by atoms with Crippen LogP contribution in [0.2, 0.25) is 0 Å². The van der Waals surface area contributed by atoms with Crippen molar-refractivity contribution in [2.24, 2.45) is 17.3 Å². The average molecular weight is 202 g/mol. The van der Waals surface area contributed by atoms with E-state index in [1.807, 2.05) is 0 Å². The first-order chi connectivity index (χ1) is 7.30. The minimum atomic E-state index is -0.0677. The molecule has 5 rings (SSSR count). The smallest absolute Gasteiger partial charge is 0.264 e. The highest BCUT2D eigenvalue weighted by Crippen LogP contribution is 3.13. The summed E-state index contributed by atoms with van der Waals surface area (Å²) in [7, 11) is 1.75. The number of nitrogens with zero attached hydrogens (tertiary/aromatic N) is 1. The molecular formula is C11H10N2O2. The molecule has 3 saturated carbocycles. The lowest BCUT2D eigenvalue weighted by Gasteiger charge is -2.22. The van der Waals surface area contributed by atoms with Crippen LogP contribution in [-0.2, 0) is 10.2 Å². The number of aromatic amines is 1. The van der Waals surface area contributed by atoms with Crippen molar-refractivity contribution in [2.45, 2.75) is 11.3 Å². The zero-order valence-electron chi connectivity index (χ0n) is 8.28. The van der Waals surface area contributed by atoms with E-state index in [-0.39, 0.29) is 11.0 Å². The van der Waals surface area contributed by atoms with Gasteiger partial charge >= 0.3 is 0 Å². The Morgan fingerprint density at radius 2 is 2.53 bits per heavy atom. The highest BCUT2D eigenvalue weighted by atomic mass is 16.5. The van der Waals surface area contributed by atoms with E-state index >= 15 is 0 Å². The van der Waals surface area contributed by atoms with Gasteiger partial charge in [-0.15, -0.1) is 0 Å². The summed E-state index contributed by atoms with van der Waals surface area (Å²) in [6.07, 6.45) is 0. The monoisotopic (exact) mass is 202 g/mol. The van der Waals surface area contributed by atoms with Gasteiger partial charge in [0.15, 0.2) is 0 Å². The predicted octanol–water partition coefficient (Wildman–Crippen LogP) is 0.0109. The second-order valence-corrected chi connectivity index (χ2v) is 5.35. The third kappa shape index (κ3) is 0.408. The lowest BCUT2D eigenvalue weighted by molar-refractivity contribution is 0.146. The highest BCUT2D eigenvalue weighted by Gasteiger charge is 3.13. The fraction of sp³-hybridized carbons (Fsp3) is 0.636. The van der Waals surface area contributed by atoms with E-state index in [1.54, 1.807) is 13.2 Å². The Balaban J connectivity index is 1.79. The number of rotatable bonds is 2. The number of H-pyrrole nitrogens is 1. The van der Waals surface area contributed by atoms with E-state index < -0.39 is 0 Å². The van der Waals surface area contributed by atoms with Crippen molar-refractivity contribution < 1.29 is 4.74 Å². The van der Waals surface area contributed by atoms with Crippen molar-refractivity contribution in [1.82, 2.24) is 10.2 Å². The van der Waals surface area contributed by atoms with E-state index in [9.17, 15) is 4.79 Å². The van der Waals surface area contributed by atoms with Crippen LogP contribution in [0.1, 0.15) is 17.2 Å². The van der Waals surface area contributed by atoms with Gasteiger partial charge in [-0.25, -0.2) is 5.10 Å². The van der Waals surface area contributed by atoms with Crippen LogP contribution < -0.4 is 5.56 Å². The molecule has 0 bridgehead atoms. The van der Waals surface area contributed by atoms with Gasteiger partial charge in [0.05, 0.1) is 12.3 Å². The van der Waals surface area contributed by atoms with Crippen LogP contribution in [0.5, 0.6) is 0 Å². The minimum absolute atomic E-state index is 0.0677. The summed E-state index contributed by atoms with van der Waals surface area (Å²) in [4.78, 5) is 11.2. The Morgan fingerprint density at radius 1 is 1.67 bits per heavy atom. The molecule has 0 aliphatic heterocycles. The number of aromatic nitrogens is 2. The third-order valence-electron chi connectivity index (χ3n) is 5.27. The fourth-order valence-electron chi connectivity index (χ4n) is 4.86. The van der Waals surface area contributed by atoms with Crippen molar-refractivity contribution in [3.8, 4) is 0 Å². The molecule has 76 valence electrons. The van der Waals surface area contributed by atoms with E-state index in [0.29, 0.717) is 11.3 Å². The topological polar surface area (TPSA) is 55.0 Å².